The smallest absolute Gasteiger partial charge is 0.428 e. The molecule has 1 atom stereocenters. The average Bonchev–Trinajstić information content (AvgIpc) is 3.11. The highest BCUT2D eigenvalue weighted by atomic mass is 19.3. The average molecular weight is 264 g/mol. The first-order valence-electron chi connectivity index (χ1n) is 5.53. The second kappa shape index (κ2) is 4.76. The van der Waals surface area contributed by atoms with Gasteiger partial charge in [-0.15, -0.1) is 0 Å². The van der Waals surface area contributed by atoms with E-state index in [0.717, 1.165) is 18.9 Å². The van der Waals surface area contributed by atoms with Crippen LogP contribution in [0.5, 0.6) is 5.75 Å². The van der Waals surface area contributed by atoms with Gasteiger partial charge in [0, 0.05) is 0 Å². The van der Waals surface area contributed by atoms with E-state index in [9.17, 15) is 22.7 Å². The Labute approximate surface area is 101 Å². The van der Waals surface area contributed by atoms with Crippen LogP contribution in [0.4, 0.5) is 17.6 Å². The Hall–Kier alpha value is -1.30. The van der Waals surface area contributed by atoms with E-state index in [4.69, 9.17) is 0 Å². The standard InChI is InChI=1S/C12H12F4O2/c13-11(14)12(15,16)18-9-3-1-2-8(6-9)10(17)7-4-5-7/h1-3,6-7,10-11,17H,4-5H2/t10-/m0/s1. The van der Waals surface area contributed by atoms with Crippen LogP contribution in [0.2, 0.25) is 0 Å². The summed E-state index contributed by atoms with van der Waals surface area (Å²) in [5.74, 6) is -0.256. The van der Waals surface area contributed by atoms with Crippen LogP contribution < -0.4 is 4.74 Å². The molecule has 0 aliphatic heterocycles. The minimum Gasteiger partial charge on any atom is -0.428 e. The Bertz CT molecular complexity index is 418. The number of benzene rings is 1. The van der Waals surface area contributed by atoms with Crippen LogP contribution in [-0.2, 0) is 0 Å². The first-order valence-corrected chi connectivity index (χ1v) is 5.53. The van der Waals surface area contributed by atoms with Crippen molar-refractivity contribution in [2.75, 3.05) is 0 Å². The van der Waals surface area contributed by atoms with Gasteiger partial charge in [-0.2, -0.15) is 17.6 Å². The summed E-state index contributed by atoms with van der Waals surface area (Å²) >= 11 is 0. The quantitative estimate of drug-likeness (QED) is 0.826. The number of ether oxygens (including phenoxy) is 1. The van der Waals surface area contributed by atoms with Crippen LogP contribution in [0.25, 0.3) is 0 Å². The van der Waals surface area contributed by atoms with Gasteiger partial charge in [0.1, 0.15) is 5.75 Å². The normalized spacial score (nSPS) is 17.9. The largest absolute Gasteiger partial charge is 0.461 e. The molecule has 2 nitrogen and oxygen atoms in total. The minimum absolute atomic E-state index is 0.121. The van der Waals surface area contributed by atoms with E-state index >= 15 is 0 Å². The fourth-order valence-corrected chi connectivity index (χ4v) is 1.65. The van der Waals surface area contributed by atoms with Crippen molar-refractivity contribution >= 4 is 0 Å². The van der Waals surface area contributed by atoms with Crippen molar-refractivity contribution < 1.29 is 27.4 Å². The van der Waals surface area contributed by atoms with Crippen molar-refractivity contribution in [2.45, 2.75) is 31.5 Å². The first-order chi connectivity index (χ1) is 8.40. The van der Waals surface area contributed by atoms with Crippen molar-refractivity contribution in [3.05, 3.63) is 29.8 Å². The monoisotopic (exact) mass is 264 g/mol. The van der Waals surface area contributed by atoms with Gasteiger partial charge in [-0.1, -0.05) is 12.1 Å². The third kappa shape index (κ3) is 2.93. The Balaban J connectivity index is 2.12. The van der Waals surface area contributed by atoms with E-state index in [0.29, 0.717) is 5.56 Å². The second-order valence-corrected chi connectivity index (χ2v) is 4.32. The molecule has 1 N–H and O–H groups in total. The molecule has 1 aromatic rings. The van der Waals surface area contributed by atoms with Crippen molar-refractivity contribution in [2.24, 2.45) is 5.92 Å². The van der Waals surface area contributed by atoms with E-state index in [1.165, 1.54) is 12.1 Å². The van der Waals surface area contributed by atoms with Gasteiger partial charge < -0.3 is 9.84 Å². The predicted molar refractivity (Wildman–Crippen MR) is 55.7 cm³/mol. The number of hydrogen-bond donors (Lipinski definition) is 1. The Morgan fingerprint density at radius 3 is 2.50 bits per heavy atom. The summed E-state index contributed by atoms with van der Waals surface area (Å²) in [4.78, 5) is 0. The van der Waals surface area contributed by atoms with Crippen LogP contribution in [0.1, 0.15) is 24.5 Å². The summed E-state index contributed by atoms with van der Waals surface area (Å²) < 4.78 is 53.3. The molecule has 0 radical (unpaired) electrons. The van der Waals surface area contributed by atoms with E-state index in [1.807, 2.05) is 0 Å². The molecule has 1 aliphatic carbocycles. The number of aliphatic hydroxyl groups excluding tert-OH is 1. The predicted octanol–water partition coefficient (Wildman–Crippen LogP) is 3.37. The molecule has 18 heavy (non-hydrogen) atoms. The Morgan fingerprint density at radius 2 is 1.94 bits per heavy atom. The first kappa shape index (κ1) is 13.1. The van der Waals surface area contributed by atoms with Crippen LogP contribution in [0.15, 0.2) is 24.3 Å². The maximum atomic E-state index is 12.7. The zero-order valence-electron chi connectivity index (χ0n) is 9.32. The Morgan fingerprint density at radius 1 is 1.28 bits per heavy atom. The van der Waals surface area contributed by atoms with Crippen LogP contribution in [-0.4, -0.2) is 17.6 Å². The number of halogens is 4. The molecule has 2 rings (SSSR count). The lowest BCUT2D eigenvalue weighted by atomic mass is 10.1. The minimum atomic E-state index is -4.52. The third-order valence-corrected chi connectivity index (χ3v) is 2.78. The van der Waals surface area contributed by atoms with Gasteiger partial charge in [0.25, 0.3) is 0 Å². The van der Waals surface area contributed by atoms with Gasteiger partial charge >= 0.3 is 12.5 Å². The molecule has 0 saturated heterocycles. The van der Waals surface area contributed by atoms with Crippen molar-refractivity contribution in [1.82, 2.24) is 0 Å². The fourth-order valence-electron chi connectivity index (χ4n) is 1.65. The molecule has 0 aromatic heterocycles. The summed E-state index contributed by atoms with van der Waals surface area (Å²) in [6.45, 7) is 0. The van der Waals surface area contributed by atoms with Crippen molar-refractivity contribution in [3.8, 4) is 5.75 Å². The van der Waals surface area contributed by atoms with E-state index < -0.39 is 18.6 Å². The maximum absolute atomic E-state index is 12.7. The molecule has 0 unspecified atom stereocenters. The van der Waals surface area contributed by atoms with Crippen molar-refractivity contribution in [1.29, 1.82) is 0 Å². The van der Waals surface area contributed by atoms with E-state index in [1.54, 1.807) is 6.07 Å². The van der Waals surface area contributed by atoms with E-state index in [-0.39, 0.29) is 11.7 Å². The molecule has 6 heteroatoms. The lowest BCUT2D eigenvalue weighted by Gasteiger charge is -2.18. The van der Waals surface area contributed by atoms with Crippen LogP contribution in [0.3, 0.4) is 0 Å². The summed E-state index contributed by atoms with van der Waals surface area (Å²) in [7, 11) is 0. The molecule has 1 fully saturated rings. The molecule has 1 aliphatic rings. The van der Waals surface area contributed by atoms with Crippen molar-refractivity contribution in [3.63, 3.8) is 0 Å². The molecule has 0 heterocycles. The summed E-state index contributed by atoms with van der Waals surface area (Å²) in [6.07, 6.45) is -7.43. The highest BCUT2D eigenvalue weighted by Crippen LogP contribution is 2.41. The number of rotatable bonds is 5. The van der Waals surface area contributed by atoms with Gasteiger partial charge in [0.2, 0.25) is 0 Å². The summed E-state index contributed by atoms with van der Waals surface area (Å²) in [6, 6.07) is 5.26. The zero-order chi connectivity index (χ0) is 13.3. The third-order valence-electron chi connectivity index (χ3n) is 2.78. The van der Waals surface area contributed by atoms with Gasteiger partial charge in [-0.05, 0) is 36.5 Å². The number of alkyl halides is 4. The Kier molecular flexibility index (Phi) is 3.47. The molecule has 1 aromatic carbocycles. The van der Waals surface area contributed by atoms with Gasteiger partial charge in [0.05, 0.1) is 6.10 Å². The maximum Gasteiger partial charge on any atom is 0.461 e. The summed E-state index contributed by atoms with van der Waals surface area (Å²) in [5.41, 5.74) is 0.403. The number of hydrogen-bond acceptors (Lipinski definition) is 2. The summed E-state index contributed by atoms with van der Waals surface area (Å²) in [5, 5.41) is 9.80. The lowest BCUT2D eigenvalue weighted by molar-refractivity contribution is -0.253. The van der Waals surface area contributed by atoms with Gasteiger partial charge in [0.15, 0.2) is 0 Å². The molecule has 1 saturated carbocycles. The van der Waals surface area contributed by atoms with Crippen LogP contribution >= 0.6 is 0 Å². The van der Waals surface area contributed by atoms with E-state index in [2.05, 4.69) is 4.74 Å². The molecule has 0 amide bonds. The molecule has 0 spiro atoms. The fraction of sp³-hybridized carbons (Fsp3) is 0.500. The SMILES string of the molecule is O[C@H](c1cccc(OC(F)(F)C(F)F)c1)C1CC1. The zero-order valence-corrected chi connectivity index (χ0v) is 9.32. The molecule has 100 valence electrons. The van der Waals surface area contributed by atoms with Gasteiger partial charge in [-0.25, -0.2) is 0 Å². The molecule has 0 bridgehead atoms. The topological polar surface area (TPSA) is 29.5 Å². The highest BCUT2D eigenvalue weighted by Gasteiger charge is 2.44. The molecular weight excluding hydrogens is 252 g/mol. The highest BCUT2D eigenvalue weighted by molar-refractivity contribution is 5.31. The van der Waals surface area contributed by atoms with Crippen LogP contribution in [0, 0.1) is 5.92 Å². The van der Waals surface area contributed by atoms with Gasteiger partial charge in [-0.3, -0.25) is 0 Å². The lowest BCUT2D eigenvalue weighted by Crippen LogP contribution is -2.33. The number of aliphatic hydroxyl groups is 1. The molecular formula is C12H12F4O2. The second-order valence-electron chi connectivity index (χ2n) is 4.32.